The Morgan fingerprint density at radius 1 is 1.31 bits per heavy atom. The summed E-state index contributed by atoms with van der Waals surface area (Å²) in [6.07, 6.45) is -3.49. The maximum atomic E-state index is 12.4. The van der Waals surface area contributed by atoms with Crippen LogP contribution >= 0.6 is 7.82 Å². The van der Waals surface area contributed by atoms with Crippen LogP contribution in [0.25, 0.3) is 22.6 Å². The van der Waals surface area contributed by atoms with Crippen LogP contribution in [-0.4, -0.2) is 62.0 Å². The molecule has 3 aromatic rings. The van der Waals surface area contributed by atoms with Gasteiger partial charge in [0, 0.05) is 0 Å². The molecule has 0 amide bonds. The number of nitrogens with two attached hydrogens (primary N) is 1. The van der Waals surface area contributed by atoms with Crippen molar-refractivity contribution < 1.29 is 23.8 Å². The third kappa shape index (κ3) is 3.05. The van der Waals surface area contributed by atoms with Gasteiger partial charge < -0.3 is 0 Å². The van der Waals surface area contributed by atoms with Gasteiger partial charge in [-0.05, 0) is 0 Å². The number of hydrogen-bond donors (Lipinski definition) is 4. The van der Waals surface area contributed by atoms with Gasteiger partial charge in [0.2, 0.25) is 0 Å². The molecule has 5 rings (SSSR count). The fraction of sp³-hybridized carbons (Fsp3) is 0.312. The van der Waals surface area contributed by atoms with Crippen molar-refractivity contribution in [2.24, 2.45) is 0 Å². The van der Waals surface area contributed by atoms with Crippen LogP contribution in [0.5, 0.6) is 0 Å². The number of aromatic nitrogens is 4. The van der Waals surface area contributed by atoms with Crippen LogP contribution in [0, 0.1) is 0 Å². The molecule has 2 aliphatic heterocycles. The zero-order valence-corrected chi connectivity index (χ0v) is 16.3. The van der Waals surface area contributed by atoms with Crippen molar-refractivity contribution in [2.45, 2.75) is 24.5 Å². The number of benzene rings is 1. The van der Waals surface area contributed by atoms with Gasteiger partial charge in [0.05, 0.1) is 0 Å². The summed E-state index contributed by atoms with van der Waals surface area (Å²) in [5.41, 5.74) is 6.20. The number of nitrogens with zero attached hydrogens (tertiary/aromatic N) is 3. The number of rotatable bonds is 2. The van der Waals surface area contributed by atoms with Crippen LogP contribution in [0.15, 0.2) is 35.1 Å². The van der Waals surface area contributed by atoms with Crippen LogP contribution in [0.2, 0.25) is 0 Å². The number of aliphatic hydroxyl groups excluding tert-OH is 1. The molecule has 5 N–H and O–H groups in total. The predicted octanol–water partition coefficient (Wildman–Crippen LogP) is -0.922. The first-order valence-electron chi connectivity index (χ1n) is 9.05. The second kappa shape index (κ2) is 6.59. The Bertz CT molecular complexity index is 1140. The number of nitrogens with one attached hydrogen (secondary N) is 1. The number of H-pyrrole nitrogens is 1. The average molecular weight is 419 g/mol. The summed E-state index contributed by atoms with van der Waals surface area (Å²) in [5.74, 6) is 0.305. The zero-order chi connectivity index (χ0) is 20.3. The summed E-state index contributed by atoms with van der Waals surface area (Å²) >= 11 is 0. The summed E-state index contributed by atoms with van der Waals surface area (Å²) in [5, 5.41) is 11.0. The van der Waals surface area contributed by atoms with E-state index in [1.807, 2.05) is 30.3 Å². The van der Waals surface area contributed by atoms with Gasteiger partial charge >= 0.3 is 165 Å². The van der Waals surface area contributed by atoms with Crippen molar-refractivity contribution >= 4 is 32.5 Å². The van der Waals surface area contributed by atoms with E-state index in [0.29, 0.717) is 11.4 Å². The van der Waals surface area contributed by atoms with E-state index < -0.39 is 37.9 Å². The number of hydrogen-bond acceptors (Lipinski definition) is 9. The molecule has 4 heterocycles. The van der Waals surface area contributed by atoms with Crippen LogP contribution in [0.3, 0.4) is 0 Å². The Morgan fingerprint density at radius 3 is 2.83 bits per heavy atom. The molecule has 1 unspecified atom stereocenters. The van der Waals surface area contributed by atoms with Crippen molar-refractivity contribution in [3.63, 3.8) is 0 Å². The number of ether oxygens (including phenoxy) is 1. The topological polar surface area (TPSA) is 158 Å². The van der Waals surface area contributed by atoms with Gasteiger partial charge in [0.15, 0.2) is 0 Å². The number of aromatic amines is 1. The summed E-state index contributed by atoms with van der Waals surface area (Å²) in [6, 6.07) is 9.15. The fourth-order valence-corrected chi connectivity index (χ4v) is 5.11. The van der Waals surface area contributed by atoms with E-state index in [-0.39, 0.29) is 23.7 Å². The van der Waals surface area contributed by atoms with E-state index in [1.54, 1.807) is 4.57 Å². The van der Waals surface area contributed by atoms with Crippen molar-refractivity contribution in [3.05, 3.63) is 40.7 Å². The standard InChI is InChI=1S/C16H19BN5O6P/c17-29(25)26-6-8-11(28-29)10(23)15(27-8)22-12(7-4-2-1-3-5-7)19-9-13(22)20-16(18)21-14(9)24/h1-5,8,10-11,15,23,25,29H,6,17H2,(H3,18,20,21,24)/t8-,10?,11-,15-/m1/s1. The molecule has 0 spiro atoms. The third-order valence-corrected chi connectivity index (χ3v) is 6.45. The van der Waals surface area contributed by atoms with Gasteiger partial charge in [-0.2, -0.15) is 0 Å². The second-order valence-electron chi connectivity index (χ2n) is 7.14. The molecule has 1 aromatic carbocycles. The summed E-state index contributed by atoms with van der Waals surface area (Å²) in [4.78, 5) is 33.7. The molecule has 11 nitrogen and oxygen atoms in total. The van der Waals surface area contributed by atoms with E-state index in [0.717, 1.165) is 0 Å². The van der Waals surface area contributed by atoms with E-state index in [9.17, 15) is 14.8 Å². The Balaban J connectivity index is 1.69. The minimum absolute atomic E-state index is 0.0715. The monoisotopic (exact) mass is 419 g/mol. The number of nitrogen functional groups attached to an aromatic ring is 1. The number of anilines is 1. The Kier molecular flexibility index (Phi) is 4.25. The van der Waals surface area contributed by atoms with Crippen molar-refractivity contribution in [1.29, 1.82) is 0 Å². The van der Waals surface area contributed by atoms with Crippen molar-refractivity contribution in [3.8, 4) is 11.4 Å². The molecule has 2 saturated heterocycles. The molecule has 0 aliphatic carbocycles. The molecule has 0 saturated carbocycles. The SMILES string of the molecule is B[PH]1(O)OC[C@H]2O[C@@H](n3c(-c4ccccc4)nc4c(=O)[nH]c(N)nc43)C(O)[C@@H]2O1. The first kappa shape index (κ1) is 18.7. The maximum absolute atomic E-state index is 12.4. The molecule has 2 aliphatic rings. The van der Waals surface area contributed by atoms with Gasteiger partial charge in [-0.3, -0.25) is 0 Å². The quantitative estimate of drug-likeness (QED) is 0.305. The van der Waals surface area contributed by atoms with Crippen LogP contribution in [-0.2, 0) is 13.8 Å². The van der Waals surface area contributed by atoms with Crippen LogP contribution < -0.4 is 11.3 Å². The first-order chi connectivity index (χ1) is 13.8. The Morgan fingerprint density at radius 2 is 2.07 bits per heavy atom. The molecule has 0 radical (unpaired) electrons. The molecule has 0 bridgehead atoms. The zero-order valence-electron chi connectivity index (χ0n) is 15.3. The molecule has 4 atom stereocenters. The molecular weight excluding hydrogens is 400 g/mol. The normalized spacial score (nSPS) is 29.6. The number of aliphatic hydroxyl groups is 1. The van der Waals surface area contributed by atoms with Crippen LogP contribution in [0.4, 0.5) is 5.95 Å². The number of imidazole rings is 1. The fourth-order valence-electron chi connectivity index (χ4n) is 3.77. The van der Waals surface area contributed by atoms with E-state index in [4.69, 9.17) is 19.5 Å². The van der Waals surface area contributed by atoms with Crippen molar-refractivity contribution in [1.82, 2.24) is 19.5 Å². The molecule has 2 fully saturated rings. The number of fused-ring (bicyclic) bond motifs is 2. The molecule has 29 heavy (non-hydrogen) atoms. The summed E-state index contributed by atoms with van der Waals surface area (Å²) in [7, 11) is -1.86. The van der Waals surface area contributed by atoms with Gasteiger partial charge in [0.25, 0.3) is 0 Å². The van der Waals surface area contributed by atoms with Crippen LogP contribution in [0.1, 0.15) is 6.23 Å². The van der Waals surface area contributed by atoms with Gasteiger partial charge in [0.1, 0.15) is 0 Å². The summed E-state index contributed by atoms with van der Waals surface area (Å²) in [6.45, 7) is 0.0842. The molecule has 13 heteroatoms. The molecule has 2 aromatic heterocycles. The molecular formula is C16H19BN5O6P. The Hall–Kier alpha value is -2.34. The minimum atomic E-state index is -3.34. The molecule has 152 valence electrons. The van der Waals surface area contributed by atoms with Gasteiger partial charge in [-0.1, -0.05) is 0 Å². The van der Waals surface area contributed by atoms with Gasteiger partial charge in [-0.25, -0.2) is 0 Å². The van der Waals surface area contributed by atoms with Gasteiger partial charge in [-0.15, -0.1) is 0 Å². The van der Waals surface area contributed by atoms with E-state index in [1.165, 1.54) is 7.57 Å². The van der Waals surface area contributed by atoms with E-state index >= 15 is 0 Å². The Labute approximate surface area is 165 Å². The summed E-state index contributed by atoms with van der Waals surface area (Å²) < 4.78 is 18.5. The van der Waals surface area contributed by atoms with Crippen molar-refractivity contribution in [2.75, 3.05) is 12.3 Å². The third-order valence-electron chi connectivity index (χ3n) is 5.03. The average Bonchev–Trinajstić information content (AvgIpc) is 3.20. The van der Waals surface area contributed by atoms with E-state index in [2.05, 4.69) is 15.0 Å². The second-order valence-corrected chi connectivity index (χ2v) is 9.46. The predicted molar refractivity (Wildman–Crippen MR) is 108 cm³/mol. The first-order valence-corrected chi connectivity index (χ1v) is 11.3.